The number of carbonyl (C=O) groups is 1. The molecule has 1 aromatic carbocycles. The number of ether oxygens (including phenoxy) is 2. The average molecular weight is 399 g/mol. The van der Waals surface area contributed by atoms with Gasteiger partial charge in [-0.3, -0.25) is 4.79 Å². The van der Waals surface area contributed by atoms with E-state index in [1.54, 1.807) is 14.2 Å². The topological polar surface area (TPSA) is 59.6 Å². The number of methoxy groups -OCH3 is 2. The summed E-state index contributed by atoms with van der Waals surface area (Å²) in [5, 5.41) is 6.66. The van der Waals surface area contributed by atoms with Crippen molar-refractivity contribution in [3.63, 3.8) is 0 Å². The number of halogens is 1. The Morgan fingerprint density at radius 1 is 1.04 bits per heavy atom. The average Bonchev–Trinajstić information content (AvgIpc) is 2.93. The minimum Gasteiger partial charge on any atom is -0.493 e. The standard InChI is InChI=1S/C21H34N2O3.ClH/c1-21(2,16-11-12-18(25-3)19(15-16)26-4)20(24)23-14-13-22-17-9-7-5-6-8-10-17;/h11-12,15,17,22H,5-10,13-14H2,1-4H3,(H,23,24);1H. The van der Waals surface area contributed by atoms with Gasteiger partial charge in [0.15, 0.2) is 11.5 Å². The lowest BCUT2D eigenvalue weighted by Gasteiger charge is -2.25. The molecule has 0 aliphatic heterocycles. The molecule has 0 heterocycles. The van der Waals surface area contributed by atoms with E-state index in [1.807, 2.05) is 32.0 Å². The van der Waals surface area contributed by atoms with Crippen LogP contribution in [0.5, 0.6) is 11.5 Å². The fourth-order valence-corrected chi connectivity index (χ4v) is 3.51. The molecule has 0 saturated heterocycles. The zero-order valence-electron chi connectivity index (χ0n) is 17.1. The summed E-state index contributed by atoms with van der Waals surface area (Å²) in [5.74, 6) is 1.33. The second-order valence-corrected chi connectivity index (χ2v) is 7.59. The van der Waals surface area contributed by atoms with Crippen molar-refractivity contribution < 1.29 is 14.3 Å². The van der Waals surface area contributed by atoms with E-state index in [2.05, 4.69) is 10.6 Å². The lowest BCUT2D eigenvalue weighted by Crippen LogP contribution is -2.43. The lowest BCUT2D eigenvalue weighted by atomic mass is 9.83. The van der Waals surface area contributed by atoms with Gasteiger partial charge in [0.25, 0.3) is 0 Å². The van der Waals surface area contributed by atoms with Crippen molar-refractivity contribution in [1.29, 1.82) is 0 Å². The maximum absolute atomic E-state index is 12.7. The zero-order chi connectivity index (χ0) is 19.0. The number of hydrogen-bond donors (Lipinski definition) is 2. The van der Waals surface area contributed by atoms with Crippen molar-refractivity contribution in [1.82, 2.24) is 10.6 Å². The van der Waals surface area contributed by atoms with Crippen LogP contribution in [0, 0.1) is 0 Å². The third kappa shape index (κ3) is 6.58. The summed E-state index contributed by atoms with van der Waals surface area (Å²) in [7, 11) is 3.21. The van der Waals surface area contributed by atoms with E-state index >= 15 is 0 Å². The van der Waals surface area contributed by atoms with Crippen molar-refractivity contribution in [2.75, 3.05) is 27.3 Å². The summed E-state index contributed by atoms with van der Waals surface area (Å²) in [6.45, 7) is 5.33. The van der Waals surface area contributed by atoms with E-state index < -0.39 is 5.41 Å². The van der Waals surface area contributed by atoms with Gasteiger partial charge in [0.05, 0.1) is 19.6 Å². The molecular formula is C21H35ClN2O3. The van der Waals surface area contributed by atoms with Crippen molar-refractivity contribution in [2.24, 2.45) is 0 Å². The number of carbonyl (C=O) groups excluding carboxylic acids is 1. The fourth-order valence-electron chi connectivity index (χ4n) is 3.51. The first-order valence-electron chi connectivity index (χ1n) is 9.73. The van der Waals surface area contributed by atoms with Gasteiger partial charge in [-0.15, -0.1) is 12.4 Å². The Labute approximate surface area is 170 Å². The van der Waals surface area contributed by atoms with E-state index in [0.717, 1.165) is 12.1 Å². The Morgan fingerprint density at radius 2 is 1.67 bits per heavy atom. The van der Waals surface area contributed by atoms with E-state index in [-0.39, 0.29) is 18.3 Å². The molecule has 1 aromatic rings. The van der Waals surface area contributed by atoms with E-state index in [1.165, 1.54) is 38.5 Å². The van der Waals surface area contributed by atoms with Gasteiger partial charge in [-0.1, -0.05) is 31.7 Å². The predicted molar refractivity (Wildman–Crippen MR) is 112 cm³/mol. The number of nitrogens with one attached hydrogen (secondary N) is 2. The lowest BCUT2D eigenvalue weighted by molar-refractivity contribution is -0.125. The van der Waals surface area contributed by atoms with Crippen LogP contribution in [0.25, 0.3) is 0 Å². The Bertz CT molecular complexity index is 585. The van der Waals surface area contributed by atoms with Crippen molar-refractivity contribution >= 4 is 18.3 Å². The highest BCUT2D eigenvalue weighted by atomic mass is 35.5. The Kier molecular flexibility index (Phi) is 9.95. The number of benzene rings is 1. The summed E-state index contributed by atoms with van der Waals surface area (Å²) >= 11 is 0. The highest BCUT2D eigenvalue weighted by molar-refractivity contribution is 5.87. The van der Waals surface area contributed by atoms with Crippen LogP contribution in [0.3, 0.4) is 0 Å². The molecule has 1 aliphatic carbocycles. The summed E-state index contributed by atoms with van der Waals surface area (Å²) in [4.78, 5) is 12.7. The first kappa shape index (κ1) is 23.6. The molecule has 154 valence electrons. The maximum atomic E-state index is 12.7. The SMILES string of the molecule is COc1ccc(C(C)(C)C(=O)NCCNC2CCCCCC2)cc1OC.Cl. The molecule has 5 nitrogen and oxygen atoms in total. The summed E-state index contributed by atoms with van der Waals surface area (Å²) < 4.78 is 10.6. The van der Waals surface area contributed by atoms with Crippen LogP contribution in [0.4, 0.5) is 0 Å². The molecule has 0 bridgehead atoms. The first-order valence-corrected chi connectivity index (χ1v) is 9.73. The second-order valence-electron chi connectivity index (χ2n) is 7.59. The molecule has 27 heavy (non-hydrogen) atoms. The van der Waals surface area contributed by atoms with Gasteiger partial charge in [-0.2, -0.15) is 0 Å². The molecule has 0 spiro atoms. The van der Waals surface area contributed by atoms with Gasteiger partial charge in [0.2, 0.25) is 5.91 Å². The predicted octanol–water partition coefficient (Wildman–Crippen LogP) is 3.83. The summed E-state index contributed by atoms with van der Waals surface area (Å²) in [5.41, 5.74) is 0.270. The molecule has 2 N–H and O–H groups in total. The van der Waals surface area contributed by atoms with Gasteiger partial charge >= 0.3 is 0 Å². The van der Waals surface area contributed by atoms with Gasteiger partial charge in [0, 0.05) is 19.1 Å². The molecule has 0 aromatic heterocycles. The van der Waals surface area contributed by atoms with Gasteiger partial charge in [0.1, 0.15) is 0 Å². The van der Waals surface area contributed by atoms with Crippen LogP contribution < -0.4 is 20.1 Å². The molecule has 1 fully saturated rings. The minimum atomic E-state index is -0.637. The molecule has 1 aliphatic rings. The third-order valence-electron chi connectivity index (χ3n) is 5.37. The van der Waals surface area contributed by atoms with Crippen molar-refractivity contribution in [3.05, 3.63) is 23.8 Å². The van der Waals surface area contributed by atoms with E-state index in [4.69, 9.17) is 9.47 Å². The van der Waals surface area contributed by atoms with Crippen LogP contribution in [-0.4, -0.2) is 39.3 Å². The van der Waals surface area contributed by atoms with Gasteiger partial charge in [-0.05, 0) is 44.4 Å². The molecule has 0 unspecified atom stereocenters. The zero-order valence-corrected chi connectivity index (χ0v) is 17.9. The van der Waals surface area contributed by atoms with Crippen LogP contribution in [0.1, 0.15) is 57.9 Å². The first-order chi connectivity index (χ1) is 12.5. The monoisotopic (exact) mass is 398 g/mol. The van der Waals surface area contributed by atoms with E-state index in [0.29, 0.717) is 24.1 Å². The van der Waals surface area contributed by atoms with Gasteiger partial charge in [-0.25, -0.2) is 0 Å². The quantitative estimate of drug-likeness (QED) is 0.516. The molecule has 0 atom stereocenters. The van der Waals surface area contributed by atoms with Crippen LogP contribution in [-0.2, 0) is 10.2 Å². The largest absolute Gasteiger partial charge is 0.493 e. The highest BCUT2D eigenvalue weighted by Gasteiger charge is 2.30. The van der Waals surface area contributed by atoms with Crippen molar-refractivity contribution in [3.8, 4) is 11.5 Å². The Hall–Kier alpha value is -1.46. The Balaban J connectivity index is 0.00000364. The minimum absolute atomic E-state index is 0. The number of amides is 1. The normalized spacial score (nSPS) is 15.4. The third-order valence-corrected chi connectivity index (χ3v) is 5.37. The van der Waals surface area contributed by atoms with Gasteiger partial charge < -0.3 is 20.1 Å². The maximum Gasteiger partial charge on any atom is 0.230 e. The van der Waals surface area contributed by atoms with Crippen molar-refractivity contribution in [2.45, 2.75) is 63.8 Å². The fraction of sp³-hybridized carbons (Fsp3) is 0.667. The molecule has 1 saturated carbocycles. The van der Waals surface area contributed by atoms with E-state index in [9.17, 15) is 4.79 Å². The highest BCUT2D eigenvalue weighted by Crippen LogP contribution is 2.33. The molecule has 0 radical (unpaired) electrons. The molecular weight excluding hydrogens is 364 g/mol. The number of hydrogen-bond acceptors (Lipinski definition) is 4. The Morgan fingerprint density at radius 3 is 2.26 bits per heavy atom. The molecule has 2 rings (SSSR count). The van der Waals surface area contributed by atoms with Crippen LogP contribution in [0.15, 0.2) is 18.2 Å². The number of rotatable bonds is 8. The smallest absolute Gasteiger partial charge is 0.230 e. The van der Waals surface area contributed by atoms with Crippen LogP contribution >= 0.6 is 12.4 Å². The summed E-state index contributed by atoms with van der Waals surface area (Å²) in [6.07, 6.45) is 7.85. The second kappa shape index (κ2) is 11.4. The van der Waals surface area contributed by atoms with Crippen LogP contribution in [0.2, 0.25) is 0 Å². The molecule has 1 amide bonds. The molecule has 6 heteroatoms. The summed E-state index contributed by atoms with van der Waals surface area (Å²) in [6, 6.07) is 6.25.